The smallest absolute Gasteiger partial charge is 0.240 e. The Hall–Kier alpha value is -1.39. The summed E-state index contributed by atoms with van der Waals surface area (Å²) < 4.78 is 5.74. The van der Waals surface area contributed by atoms with Gasteiger partial charge >= 0.3 is 0 Å². The number of aliphatic hydroxyl groups excluding tert-OH is 1. The van der Waals surface area contributed by atoms with Gasteiger partial charge in [0.25, 0.3) is 0 Å². The van der Waals surface area contributed by atoms with Gasteiger partial charge in [-0.15, -0.1) is 24.0 Å². The molecule has 1 amide bonds. The number of hydrogen-bond acceptors (Lipinski definition) is 4. The first-order chi connectivity index (χ1) is 13.1. The molecule has 2 unspecified atom stereocenters. The topological polar surface area (TPSA) is 86.2 Å². The maximum atomic E-state index is 12.1. The van der Waals surface area contributed by atoms with E-state index in [2.05, 4.69) is 15.6 Å². The highest BCUT2D eigenvalue weighted by Crippen LogP contribution is 2.15. The van der Waals surface area contributed by atoms with Gasteiger partial charge in [0.2, 0.25) is 5.91 Å². The fourth-order valence-electron chi connectivity index (χ4n) is 2.54. The molecule has 166 valence electrons. The van der Waals surface area contributed by atoms with Crippen LogP contribution >= 0.6 is 24.0 Å². The van der Waals surface area contributed by atoms with E-state index < -0.39 is 6.10 Å². The molecule has 0 heterocycles. The molecule has 0 fully saturated rings. The molecule has 0 aromatic heterocycles. The second-order valence-corrected chi connectivity index (χ2v) is 7.89. The van der Waals surface area contributed by atoms with Crippen LogP contribution in [0.4, 0.5) is 0 Å². The number of carbonyl (C=O) groups excluding carboxylic acids is 1. The third-order valence-corrected chi connectivity index (χ3v) is 3.85. The van der Waals surface area contributed by atoms with Gasteiger partial charge in [-0.2, -0.15) is 0 Å². The van der Waals surface area contributed by atoms with E-state index in [0.29, 0.717) is 12.5 Å². The number of benzene rings is 1. The number of rotatable bonds is 9. The van der Waals surface area contributed by atoms with Gasteiger partial charge in [0.15, 0.2) is 5.96 Å². The summed E-state index contributed by atoms with van der Waals surface area (Å²) in [5.74, 6) is 0.489. The second kappa shape index (κ2) is 13.8. The molecular formula is C21H37IN4O3. The molecule has 1 aromatic carbocycles. The predicted octanol–water partition coefficient (Wildman–Crippen LogP) is 2.56. The zero-order valence-corrected chi connectivity index (χ0v) is 20.8. The van der Waals surface area contributed by atoms with Crippen LogP contribution in [0.5, 0.6) is 0 Å². The standard InChI is InChI=1S/C21H36N4O3.HI/c1-7-22-20(25(6)14-19(27)24-21(3,4)5)23-13-18(26)15-28-16(2)17-11-9-8-10-12-17;/h8-12,16,18,26H,7,13-15H2,1-6H3,(H,22,23)(H,24,27);1H. The largest absolute Gasteiger partial charge is 0.389 e. The minimum atomic E-state index is -0.725. The van der Waals surface area contributed by atoms with Crippen molar-refractivity contribution in [2.24, 2.45) is 4.99 Å². The molecule has 1 rings (SSSR count). The number of halogens is 1. The van der Waals surface area contributed by atoms with Crippen LogP contribution in [-0.2, 0) is 9.53 Å². The molecule has 0 saturated carbocycles. The van der Waals surface area contributed by atoms with E-state index in [1.54, 1.807) is 11.9 Å². The molecule has 0 saturated heterocycles. The number of guanidine groups is 1. The molecule has 0 bridgehead atoms. The third-order valence-electron chi connectivity index (χ3n) is 3.85. The van der Waals surface area contributed by atoms with Crippen molar-refractivity contribution in [3.05, 3.63) is 35.9 Å². The Morgan fingerprint density at radius 2 is 1.90 bits per heavy atom. The lowest BCUT2D eigenvalue weighted by Gasteiger charge is -2.25. The Morgan fingerprint density at radius 3 is 2.45 bits per heavy atom. The van der Waals surface area contributed by atoms with Crippen LogP contribution in [-0.4, -0.2) is 66.8 Å². The first-order valence-electron chi connectivity index (χ1n) is 9.77. The highest BCUT2D eigenvalue weighted by Gasteiger charge is 2.17. The molecule has 0 radical (unpaired) electrons. The summed E-state index contributed by atoms with van der Waals surface area (Å²) in [7, 11) is 1.80. The lowest BCUT2D eigenvalue weighted by molar-refractivity contribution is -0.122. The number of aliphatic hydroxyl groups is 1. The van der Waals surface area contributed by atoms with Crippen LogP contribution in [0.3, 0.4) is 0 Å². The first kappa shape index (κ1) is 27.6. The van der Waals surface area contributed by atoms with E-state index in [9.17, 15) is 9.90 Å². The average molecular weight is 520 g/mol. The minimum Gasteiger partial charge on any atom is -0.389 e. The quantitative estimate of drug-likeness (QED) is 0.265. The van der Waals surface area contributed by atoms with Gasteiger partial charge in [-0.05, 0) is 40.2 Å². The first-order valence-corrected chi connectivity index (χ1v) is 9.77. The summed E-state index contributed by atoms with van der Waals surface area (Å²) in [6, 6.07) is 9.88. The molecule has 0 spiro atoms. The highest BCUT2D eigenvalue weighted by atomic mass is 127. The van der Waals surface area contributed by atoms with Crippen LogP contribution in [0, 0.1) is 0 Å². The SMILES string of the molecule is CCNC(=NCC(O)COC(C)c1ccccc1)N(C)CC(=O)NC(C)(C)C.I. The number of nitrogens with one attached hydrogen (secondary N) is 2. The number of ether oxygens (including phenoxy) is 1. The van der Waals surface area contributed by atoms with Crippen LogP contribution in [0.15, 0.2) is 35.3 Å². The summed E-state index contributed by atoms with van der Waals surface area (Å²) in [5.41, 5.74) is 0.785. The van der Waals surface area contributed by atoms with E-state index in [1.807, 2.05) is 65.0 Å². The van der Waals surface area contributed by atoms with E-state index in [-0.39, 0.29) is 61.2 Å². The van der Waals surface area contributed by atoms with E-state index in [0.717, 1.165) is 5.56 Å². The molecule has 1 aromatic rings. The van der Waals surface area contributed by atoms with Gasteiger partial charge in [-0.25, -0.2) is 0 Å². The van der Waals surface area contributed by atoms with Crippen LogP contribution < -0.4 is 10.6 Å². The monoisotopic (exact) mass is 520 g/mol. The average Bonchev–Trinajstić information content (AvgIpc) is 2.62. The molecule has 2 atom stereocenters. The molecule has 29 heavy (non-hydrogen) atoms. The van der Waals surface area contributed by atoms with Crippen molar-refractivity contribution in [2.75, 3.05) is 33.3 Å². The normalized spacial score (nSPS) is 13.8. The van der Waals surface area contributed by atoms with Gasteiger partial charge in [0, 0.05) is 19.1 Å². The summed E-state index contributed by atoms with van der Waals surface area (Å²) in [4.78, 5) is 18.3. The maximum absolute atomic E-state index is 12.1. The van der Waals surface area contributed by atoms with Crippen molar-refractivity contribution in [1.82, 2.24) is 15.5 Å². The number of carbonyl (C=O) groups is 1. The Balaban J connectivity index is 0.00000784. The summed E-state index contributed by atoms with van der Waals surface area (Å²) in [6.45, 7) is 11.0. The van der Waals surface area contributed by atoms with Crippen LogP contribution in [0.2, 0.25) is 0 Å². The van der Waals surface area contributed by atoms with Crippen molar-refractivity contribution in [2.45, 2.75) is 52.4 Å². The predicted molar refractivity (Wildman–Crippen MR) is 129 cm³/mol. The Bertz CT molecular complexity index is 620. The molecular weight excluding hydrogens is 483 g/mol. The molecule has 0 aliphatic heterocycles. The van der Waals surface area contributed by atoms with Gasteiger partial charge in [-0.1, -0.05) is 30.3 Å². The molecule has 3 N–H and O–H groups in total. The molecule has 7 nitrogen and oxygen atoms in total. The Labute approximate surface area is 192 Å². The number of amides is 1. The maximum Gasteiger partial charge on any atom is 0.240 e. The van der Waals surface area contributed by atoms with Gasteiger partial charge in [0.1, 0.15) is 0 Å². The van der Waals surface area contributed by atoms with Crippen molar-refractivity contribution >= 4 is 35.8 Å². The second-order valence-electron chi connectivity index (χ2n) is 7.89. The molecule has 0 aliphatic carbocycles. The van der Waals surface area contributed by atoms with Gasteiger partial charge in [-0.3, -0.25) is 9.79 Å². The zero-order chi connectivity index (χ0) is 21.2. The van der Waals surface area contributed by atoms with Crippen LogP contribution in [0.25, 0.3) is 0 Å². The number of likely N-dealkylation sites (N-methyl/N-ethyl adjacent to an activating group) is 1. The Morgan fingerprint density at radius 1 is 1.28 bits per heavy atom. The fraction of sp³-hybridized carbons (Fsp3) is 0.619. The van der Waals surface area contributed by atoms with E-state index >= 15 is 0 Å². The number of aliphatic imine (C=N–C) groups is 1. The van der Waals surface area contributed by atoms with Gasteiger partial charge < -0.3 is 25.4 Å². The fourth-order valence-corrected chi connectivity index (χ4v) is 2.54. The lowest BCUT2D eigenvalue weighted by atomic mass is 10.1. The van der Waals surface area contributed by atoms with E-state index in [1.165, 1.54) is 0 Å². The molecule has 8 heteroatoms. The van der Waals surface area contributed by atoms with Gasteiger partial charge in [0.05, 0.1) is 31.9 Å². The molecule has 0 aliphatic rings. The van der Waals surface area contributed by atoms with Crippen molar-refractivity contribution in [3.8, 4) is 0 Å². The van der Waals surface area contributed by atoms with Crippen molar-refractivity contribution in [1.29, 1.82) is 0 Å². The third kappa shape index (κ3) is 12.0. The van der Waals surface area contributed by atoms with Crippen molar-refractivity contribution < 1.29 is 14.6 Å². The summed E-state index contributed by atoms with van der Waals surface area (Å²) in [5, 5.41) is 16.3. The highest BCUT2D eigenvalue weighted by molar-refractivity contribution is 14.0. The van der Waals surface area contributed by atoms with Crippen molar-refractivity contribution in [3.63, 3.8) is 0 Å². The minimum absolute atomic E-state index is 0. The lowest BCUT2D eigenvalue weighted by Crippen LogP contribution is -2.49. The Kier molecular flexibility index (Phi) is 13.1. The summed E-state index contributed by atoms with van der Waals surface area (Å²) >= 11 is 0. The summed E-state index contributed by atoms with van der Waals surface area (Å²) in [6.07, 6.45) is -0.826. The number of nitrogens with zero attached hydrogens (tertiary/aromatic N) is 2. The zero-order valence-electron chi connectivity index (χ0n) is 18.4. The van der Waals surface area contributed by atoms with Crippen LogP contribution in [0.1, 0.15) is 46.3 Å². The number of hydrogen-bond donors (Lipinski definition) is 3. The van der Waals surface area contributed by atoms with E-state index in [4.69, 9.17) is 4.74 Å².